The third-order valence-electron chi connectivity index (χ3n) is 5.92. The highest BCUT2D eigenvalue weighted by atomic mass is 16.5. The number of aryl methyl sites for hydroxylation is 5. The van der Waals surface area contributed by atoms with Crippen LogP contribution < -0.4 is 15.0 Å². The summed E-state index contributed by atoms with van der Waals surface area (Å²) in [4.78, 5) is 21.6. The summed E-state index contributed by atoms with van der Waals surface area (Å²) in [7, 11) is 3.30. The number of aromatic nitrogens is 4. The van der Waals surface area contributed by atoms with Gasteiger partial charge >= 0.3 is 0 Å². The molecule has 0 aromatic carbocycles. The topological polar surface area (TPSA) is 79.1 Å². The molecule has 0 amide bonds. The van der Waals surface area contributed by atoms with Crippen LogP contribution in [0.2, 0.25) is 0 Å². The molecule has 31 heavy (non-hydrogen) atoms. The predicted molar refractivity (Wildman–Crippen MR) is 118 cm³/mol. The maximum Gasteiger partial charge on any atom is 0.269 e. The normalized spacial score (nSPS) is 17.4. The quantitative estimate of drug-likeness (QED) is 0.557. The molecule has 4 rings (SSSR count). The van der Waals surface area contributed by atoms with Crippen molar-refractivity contribution in [2.45, 2.75) is 39.0 Å². The van der Waals surface area contributed by atoms with Crippen LogP contribution in [0.4, 0.5) is 0 Å². The van der Waals surface area contributed by atoms with Crippen molar-refractivity contribution in [3.05, 3.63) is 75.1 Å². The van der Waals surface area contributed by atoms with E-state index in [9.17, 15) is 4.79 Å². The van der Waals surface area contributed by atoms with E-state index >= 15 is 0 Å². The Morgan fingerprint density at radius 3 is 2.71 bits per heavy atom. The summed E-state index contributed by atoms with van der Waals surface area (Å²) < 4.78 is 12.5. The van der Waals surface area contributed by atoms with E-state index in [2.05, 4.69) is 21.1 Å². The average molecular weight is 421 g/mol. The molecule has 0 N–H and O–H groups in total. The van der Waals surface area contributed by atoms with Gasteiger partial charge in [0.15, 0.2) is 0 Å². The summed E-state index contributed by atoms with van der Waals surface area (Å²) in [6, 6.07) is 9.80. The molecule has 0 radical (unpaired) electrons. The molecule has 1 aliphatic rings. The molecule has 3 aromatic rings. The number of nitrogens with zero attached hydrogens (tertiary/aromatic N) is 4. The Balaban J connectivity index is 1.37. The molecule has 1 saturated carbocycles. The van der Waals surface area contributed by atoms with Crippen molar-refractivity contribution in [3.8, 4) is 11.6 Å². The third-order valence-corrected chi connectivity index (χ3v) is 5.92. The Labute approximate surface area is 182 Å². The largest absolute Gasteiger partial charge is 0.495 e. The molecule has 0 saturated heterocycles. The van der Waals surface area contributed by atoms with E-state index < -0.39 is 0 Å². The van der Waals surface area contributed by atoms with Crippen molar-refractivity contribution in [3.63, 3.8) is 0 Å². The van der Waals surface area contributed by atoms with Gasteiger partial charge in [0.25, 0.3) is 5.56 Å². The average Bonchev–Trinajstić information content (AvgIpc) is 3.55. The highest BCUT2D eigenvalue weighted by molar-refractivity contribution is 5.26. The molecular weight excluding hydrogens is 392 g/mol. The lowest BCUT2D eigenvalue weighted by Crippen LogP contribution is -2.24. The molecule has 0 spiro atoms. The van der Waals surface area contributed by atoms with Crippen molar-refractivity contribution in [2.24, 2.45) is 13.0 Å². The molecule has 0 bridgehead atoms. The van der Waals surface area contributed by atoms with Crippen molar-refractivity contribution < 1.29 is 9.47 Å². The van der Waals surface area contributed by atoms with E-state index in [-0.39, 0.29) is 5.56 Å². The van der Waals surface area contributed by atoms with Crippen molar-refractivity contribution in [2.75, 3.05) is 13.7 Å². The van der Waals surface area contributed by atoms with Gasteiger partial charge in [0.1, 0.15) is 5.75 Å². The van der Waals surface area contributed by atoms with Gasteiger partial charge < -0.3 is 9.47 Å². The van der Waals surface area contributed by atoms with Crippen molar-refractivity contribution >= 4 is 0 Å². The molecule has 2 atom stereocenters. The van der Waals surface area contributed by atoms with E-state index in [1.165, 1.54) is 10.2 Å². The first kappa shape index (κ1) is 21.0. The van der Waals surface area contributed by atoms with Gasteiger partial charge in [-0.25, -0.2) is 4.68 Å². The zero-order chi connectivity index (χ0) is 22.0. The molecule has 1 fully saturated rings. The van der Waals surface area contributed by atoms with Crippen LogP contribution in [0.5, 0.6) is 11.6 Å². The van der Waals surface area contributed by atoms with Gasteiger partial charge in [0.05, 0.1) is 19.9 Å². The van der Waals surface area contributed by atoms with Crippen molar-refractivity contribution in [1.82, 2.24) is 19.7 Å². The summed E-state index contributed by atoms with van der Waals surface area (Å²) in [5, 5.41) is 4.27. The van der Waals surface area contributed by atoms with Gasteiger partial charge in [-0.15, -0.1) is 5.10 Å². The number of ether oxygens (including phenoxy) is 2. The molecule has 1 aliphatic carbocycles. The number of hydrogen-bond acceptors (Lipinski definition) is 6. The first-order chi connectivity index (χ1) is 14.9. The lowest BCUT2D eigenvalue weighted by Gasteiger charge is -2.09. The number of rotatable bonds is 8. The second kappa shape index (κ2) is 8.88. The fourth-order valence-corrected chi connectivity index (χ4v) is 3.69. The fraction of sp³-hybridized carbons (Fsp3) is 0.417. The van der Waals surface area contributed by atoms with Crippen LogP contribution in [0.15, 0.2) is 41.3 Å². The standard InChI is InChI=1S/C24H28N4O3/c1-15-5-7-19(26-16(15)2)8-6-17-12-23(27-28(3)24(17)29)31-14-18-11-21(18)22-10-9-20(30-4)13-25-22/h5,7,9-10,12-13,18,21H,6,8,11,14H2,1-4H3/t18-,21+/m1/s1. The summed E-state index contributed by atoms with van der Waals surface area (Å²) in [6.45, 7) is 4.61. The summed E-state index contributed by atoms with van der Waals surface area (Å²) in [6.07, 6.45) is 4.09. The predicted octanol–water partition coefficient (Wildman–Crippen LogP) is 3.16. The van der Waals surface area contributed by atoms with Gasteiger partial charge in [-0.2, -0.15) is 0 Å². The van der Waals surface area contributed by atoms with Gasteiger partial charge in [0, 0.05) is 47.6 Å². The molecule has 7 nitrogen and oxygen atoms in total. The van der Waals surface area contributed by atoms with Crippen molar-refractivity contribution in [1.29, 1.82) is 0 Å². The second-order valence-electron chi connectivity index (χ2n) is 8.18. The van der Waals surface area contributed by atoms with Crippen LogP contribution in [-0.2, 0) is 19.9 Å². The SMILES string of the molecule is COc1ccc([C@H]2C[C@@H]2COc2cc(CCc3ccc(C)c(C)n3)c(=O)n(C)n2)nc1. The second-order valence-corrected chi connectivity index (χ2v) is 8.18. The molecule has 3 heterocycles. The van der Waals surface area contributed by atoms with E-state index in [0.717, 1.165) is 29.3 Å². The summed E-state index contributed by atoms with van der Waals surface area (Å²) in [5.41, 5.74) is 4.83. The Morgan fingerprint density at radius 2 is 2.00 bits per heavy atom. The van der Waals surface area contributed by atoms with Crippen LogP contribution in [0.1, 0.15) is 40.5 Å². The summed E-state index contributed by atoms with van der Waals surface area (Å²) in [5.74, 6) is 2.05. The summed E-state index contributed by atoms with van der Waals surface area (Å²) >= 11 is 0. The molecular formula is C24H28N4O3. The molecule has 162 valence electrons. The number of pyridine rings is 2. The van der Waals surface area contributed by atoms with Gasteiger partial charge in [-0.05, 0) is 56.9 Å². The first-order valence-electron chi connectivity index (χ1n) is 10.6. The van der Waals surface area contributed by atoms with Crippen LogP contribution in [0, 0.1) is 19.8 Å². The zero-order valence-corrected chi connectivity index (χ0v) is 18.5. The highest BCUT2D eigenvalue weighted by Gasteiger charge is 2.40. The van der Waals surface area contributed by atoms with Gasteiger partial charge in [-0.1, -0.05) is 6.07 Å². The minimum atomic E-state index is -0.0945. The van der Waals surface area contributed by atoms with Crippen LogP contribution in [0.3, 0.4) is 0 Å². The minimum absolute atomic E-state index is 0.0945. The maximum absolute atomic E-state index is 12.5. The number of hydrogen-bond donors (Lipinski definition) is 0. The fourth-order valence-electron chi connectivity index (χ4n) is 3.69. The van der Waals surface area contributed by atoms with E-state index in [0.29, 0.717) is 42.7 Å². The van der Waals surface area contributed by atoms with E-state index in [1.807, 2.05) is 32.0 Å². The van der Waals surface area contributed by atoms with Crippen LogP contribution in [-0.4, -0.2) is 33.5 Å². The first-order valence-corrected chi connectivity index (χ1v) is 10.6. The van der Waals surface area contributed by atoms with E-state index in [1.54, 1.807) is 26.4 Å². The van der Waals surface area contributed by atoms with E-state index in [4.69, 9.17) is 9.47 Å². The Kier molecular flexibility index (Phi) is 6.02. The molecule has 7 heteroatoms. The lowest BCUT2D eigenvalue weighted by atomic mass is 10.1. The Hall–Kier alpha value is -3.22. The number of methoxy groups -OCH3 is 1. The maximum atomic E-state index is 12.5. The minimum Gasteiger partial charge on any atom is -0.495 e. The van der Waals surface area contributed by atoms with Gasteiger partial charge in [-0.3, -0.25) is 14.8 Å². The smallest absolute Gasteiger partial charge is 0.269 e. The molecule has 3 aromatic heterocycles. The zero-order valence-electron chi connectivity index (χ0n) is 18.5. The third kappa shape index (κ3) is 4.93. The Morgan fingerprint density at radius 1 is 1.16 bits per heavy atom. The van der Waals surface area contributed by atoms with Crippen LogP contribution >= 0.6 is 0 Å². The molecule has 0 unspecified atom stereocenters. The molecule has 0 aliphatic heterocycles. The monoisotopic (exact) mass is 420 g/mol. The Bertz CT molecular complexity index is 1120. The van der Waals surface area contributed by atoms with Crippen LogP contribution in [0.25, 0.3) is 0 Å². The highest BCUT2D eigenvalue weighted by Crippen LogP contribution is 2.46. The van der Waals surface area contributed by atoms with Gasteiger partial charge in [0.2, 0.25) is 5.88 Å². The lowest BCUT2D eigenvalue weighted by molar-refractivity contribution is 0.277.